The molecular formula is C30H35BrN4O. The van der Waals surface area contributed by atoms with E-state index in [0.29, 0.717) is 11.7 Å². The number of aromatic nitrogens is 2. The van der Waals surface area contributed by atoms with Crippen molar-refractivity contribution in [2.75, 3.05) is 19.8 Å². The SMILES string of the molecule is C[C@@H](CCCc1ccc(CNCN2CCCC2)cc1)c1cc(-c2ccccc2O)cc2c(Br)cnn12. The lowest BCUT2D eigenvalue weighted by atomic mass is 9.95. The molecule has 0 radical (unpaired) electrons. The molecule has 36 heavy (non-hydrogen) atoms. The van der Waals surface area contributed by atoms with Crippen molar-refractivity contribution in [1.29, 1.82) is 0 Å². The lowest BCUT2D eigenvalue weighted by Crippen LogP contribution is -2.31. The molecule has 5 rings (SSSR count). The number of phenolic OH excluding ortho intramolecular Hbond substituents is 1. The van der Waals surface area contributed by atoms with Crippen LogP contribution < -0.4 is 5.32 Å². The number of para-hydroxylation sites is 1. The highest BCUT2D eigenvalue weighted by Crippen LogP contribution is 2.34. The van der Waals surface area contributed by atoms with Crippen molar-refractivity contribution in [3.8, 4) is 16.9 Å². The van der Waals surface area contributed by atoms with E-state index in [1.54, 1.807) is 6.07 Å². The molecule has 1 fully saturated rings. The largest absolute Gasteiger partial charge is 0.507 e. The first-order valence-electron chi connectivity index (χ1n) is 13.0. The molecule has 6 heteroatoms. The van der Waals surface area contributed by atoms with Crippen LogP contribution in [0.25, 0.3) is 16.6 Å². The number of benzene rings is 2. The monoisotopic (exact) mass is 546 g/mol. The molecule has 2 N–H and O–H groups in total. The van der Waals surface area contributed by atoms with Gasteiger partial charge in [0.05, 0.1) is 16.2 Å². The molecule has 3 heterocycles. The second-order valence-electron chi connectivity index (χ2n) is 10.00. The smallest absolute Gasteiger partial charge is 0.123 e. The predicted octanol–water partition coefficient (Wildman–Crippen LogP) is 6.74. The van der Waals surface area contributed by atoms with Crippen LogP contribution in [0.1, 0.15) is 55.3 Å². The second-order valence-corrected chi connectivity index (χ2v) is 10.8. The van der Waals surface area contributed by atoms with Crippen LogP contribution in [0, 0.1) is 0 Å². The third-order valence-corrected chi connectivity index (χ3v) is 7.92. The fraction of sp³-hybridized carbons (Fsp3) is 0.367. The minimum Gasteiger partial charge on any atom is -0.507 e. The van der Waals surface area contributed by atoms with E-state index in [2.05, 4.69) is 74.6 Å². The van der Waals surface area contributed by atoms with Crippen molar-refractivity contribution >= 4 is 21.4 Å². The number of phenols is 1. The molecule has 0 bridgehead atoms. The average molecular weight is 548 g/mol. The summed E-state index contributed by atoms with van der Waals surface area (Å²) in [5, 5.41) is 18.6. The molecule has 5 nitrogen and oxygen atoms in total. The summed E-state index contributed by atoms with van der Waals surface area (Å²) in [7, 11) is 0. The van der Waals surface area contributed by atoms with Crippen LogP contribution in [0.3, 0.4) is 0 Å². The summed E-state index contributed by atoms with van der Waals surface area (Å²) in [6.45, 7) is 6.65. The first-order valence-corrected chi connectivity index (χ1v) is 13.8. The number of hydrogen-bond acceptors (Lipinski definition) is 4. The molecule has 1 aliphatic heterocycles. The summed E-state index contributed by atoms with van der Waals surface area (Å²) in [6, 6.07) is 20.9. The number of rotatable bonds is 10. The molecule has 0 spiro atoms. The zero-order valence-electron chi connectivity index (χ0n) is 21.0. The maximum absolute atomic E-state index is 10.4. The van der Waals surface area contributed by atoms with Gasteiger partial charge in [0.15, 0.2) is 0 Å². The highest BCUT2D eigenvalue weighted by molar-refractivity contribution is 9.10. The summed E-state index contributed by atoms with van der Waals surface area (Å²) in [5.74, 6) is 0.630. The van der Waals surface area contributed by atoms with Gasteiger partial charge < -0.3 is 10.4 Å². The molecule has 1 saturated heterocycles. The Labute approximate surface area is 222 Å². The first-order chi connectivity index (χ1) is 17.6. The Morgan fingerprint density at radius 3 is 2.56 bits per heavy atom. The number of nitrogens with one attached hydrogen (secondary N) is 1. The number of hydrogen-bond donors (Lipinski definition) is 2. The zero-order chi connectivity index (χ0) is 24.9. The van der Waals surface area contributed by atoms with E-state index >= 15 is 0 Å². The second kappa shape index (κ2) is 11.6. The first kappa shape index (κ1) is 25.0. The van der Waals surface area contributed by atoms with E-state index in [0.717, 1.165) is 59.3 Å². The van der Waals surface area contributed by atoms with Crippen molar-refractivity contribution in [3.05, 3.63) is 88.2 Å². The lowest BCUT2D eigenvalue weighted by Gasteiger charge is -2.16. The van der Waals surface area contributed by atoms with E-state index in [9.17, 15) is 5.11 Å². The molecule has 1 atom stereocenters. The van der Waals surface area contributed by atoms with Gasteiger partial charge in [-0.15, -0.1) is 0 Å². The fourth-order valence-corrected chi connectivity index (χ4v) is 5.56. The molecule has 0 aliphatic carbocycles. The number of pyridine rings is 1. The van der Waals surface area contributed by atoms with Crippen LogP contribution in [-0.2, 0) is 13.0 Å². The maximum Gasteiger partial charge on any atom is 0.123 e. The van der Waals surface area contributed by atoms with Gasteiger partial charge in [0.1, 0.15) is 5.75 Å². The molecule has 0 saturated carbocycles. The Morgan fingerprint density at radius 1 is 1.03 bits per heavy atom. The van der Waals surface area contributed by atoms with Gasteiger partial charge in [-0.3, -0.25) is 4.90 Å². The summed E-state index contributed by atoms with van der Waals surface area (Å²) in [5.41, 5.74) is 6.77. The molecule has 2 aromatic heterocycles. The third kappa shape index (κ3) is 5.83. The van der Waals surface area contributed by atoms with Crippen molar-refractivity contribution in [1.82, 2.24) is 19.8 Å². The number of nitrogens with zero attached hydrogens (tertiary/aromatic N) is 3. The number of aryl methyl sites for hydroxylation is 1. The fourth-order valence-electron chi connectivity index (χ4n) is 5.19. The molecular weight excluding hydrogens is 512 g/mol. The minimum atomic E-state index is 0.297. The van der Waals surface area contributed by atoms with Gasteiger partial charge in [0, 0.05) is 24.5 Å². The molecule has 4 aromatic rings. The quantitative estimate of drug-likeness (QED) is 0.231. The van der Waals surface area contributed by atoms with Crippen molar-refractivity contribution in [2.45, 2.75) is 51.5 Å². The Balaban J connectivity index is 1.21. The molecule has 1 aliphatic rings. The average Bonchev–Trinajstić information content (AvgIpc) is 3.55. The number of fused-ring (bicyclic) bond motifs is 1. The zero-order valence-corrected chi connectivity index (χ0v) is 22.5. The van der Waals surface area contributed by atoms with Crippen LogP contribution in [0.4, 0.5) is 0 Å². The van der Waals surface area contributed by atoms with Crippen LogP contribution in [0.2, 0.25) is 0 Å². The summed E-state index contributed by atoms with van der Waals surface area (Å²) < 4.78 is 2.99. The van der Waals surface area contributed by atoms with E-state index < -0.39 is 0 Å². The van der Waals surface area contributed by atoms with Gasteiger partial charge in [-0.1, -0.05) is 49.4 Å². The molecule has 0 unspecified atom stereocenters. The van der Waals surface area contributed by atoms with E-state index in [1.807, 2.05) is 28.9 Å². The standard InChI is InChI=1S/C30H35BrN4O/c1-22(7-6-8-23-11-13-24(14-12-23)19-32-21-34-15-4-5-16-34)28-17-25(26-9-2-3-10-30(26)36)18-29-27(31)20-33-35(28)29/h2-3,9-14,17-18,20,22,32,36H,4-8,15-16,19,21H2,1H3/t22-/m0/s1. The topological polar surface area (TPSA) is 52.8 Å². The van der Waals surface area contributed by atoms with Crippen molar-refractivity contribution < 1.29 is 5.11 Å². The van der Waals surface area contributed by atoms with E-state index in [1.165, 1.54) is 37.1 Å². The number of halogens is 1. The Bertz CT molecular complexity index is 1290. The predicted molar refractivity (Wildman–Crippen MR) is 150 cm³/mol. The number of likely N-dealkylation sites (tertiary alicyclic amines) is 1. The number of aromatic hydroxyl groups is 1. The van der Waals surface area contributed by atoms with E-state index in [-0.39, 0.29) is 0 Å². The van der Waals surface area contributed by atoms with Crippen LogP contribution >= 0.6 is 15.9 Å². The Hall–Kier alpha value is -2.67. The summed E-state index contributed by atoms with van der Waals surface area (Å²) in [4.78, 5) is 2.49. The van der Waals surface area contributed by atoms with Crippen molar-refractivity contribution in [3.63, 3.8) is 0 Å². The van der Waals surface area contributed by atoms with Crippen molar-refractivity contribution in [2.24, 2.45) is 0 Å². The van der Waals surface area contributed by atoms with Gasteiger partial charge in [-0.2, -0.15) is 5.10 Å². The molecule has 2 aromatic carbocycles. The minimum absolute atomic E-state index is 0.297. The van der Waals surface area contributed by atoms with Crippen LogP contribution in [0.15, 0.2) is 71.3 Å². The summed E-state index contributed by atoms with van der Waals surface area (Å²) >= 11 is 3.64. The molecule has 188 valence electrons. The Morgan fingerprint density at radius 2 is 1.78 bits per heavy atom. The third-order valence-electron chi connectivity index (χ3n) is 7.31. The lowest BCUT2D eigenvalue weighted by molar-refractivity contribution is 0.308. The van der Waals surface area contributed by atoms with Gasteiger partial charge in [0.2, 0.25) is 0 Å². The molecule has 0 amide bonds. The van der Waals surface area contributed by atoms with Gasteiger partial charge in [-0.25, -0.2) is 4.52 Å². The van der Waals surface area contributed by atoms with Crippen LogP contribution in [0.5, 0.6) is 5.75 Å². The maximum atomic E-state index is 10.4. The van der Waals surface area contributed by atoms with Gasteiger partial charge >= 0.3 is 0 Å². The van der Waals surface area contributed by atoms with Gasteiger partial charge in [-0.05, 0) is 102 Å². The summed E-state index contributed by atoms with van der Waals surface area (Å²) in [6.07, 6.45) is 7.76. The van der Waals surface area contributed by atoms with E-state index in [4.69, 9.17) is 0 Å². The normalized spacial score (nSPS) is 15.1. The highest BCUT2D eigenvalue weighted by atomic mass is 79.9. The highest BCUT2D eigenvalue weighted by Gasteiger charge is 2.16. The Kier molecular flexibility index (Phi) is 8.05. The van der Waals surface area contributed by atoms with Gasteiger partial charge in [0.25, 0.3) is 0 Å². The van der Waals surface area contributed by atoms with Crippen LogP contribution in [-0.4, -0.2) is 39.4 Å².